The first-order chi connectivity index (χ1) is 10.2. The topological polar surface area (TPSA) is 63.8 Å². The summed E-state index contributed by atoms with van der Waals surface area (Å²) in [7, 11) is 0. The number of anilines is 2. The van der Waals surface area contributed by atoms with Crippen molar-refractivity contribution in [3.05, 3.63) is 24.5 Å². The molecule has 0 radical (unpaired) electrons. The van der Waals surface area contributed by atoms with Crippen LogP contribution in [0.1, 0.15) is 39.0 Å². The Kier molecular flexibility index (Phi) is 4.10. The number of nitrogen functional groups attached to an aromatic ring is 1. The summed E-state index contributed by atoms with van der Waals surface area (Å²) in [4.78, 5) is 4.18. The maximum Gasteiger partial charge on any atom is 0.147 e. The minimum atomic E-state index is 0.449. The summed E-state index contributed by atoms with van der Waals surface area (Å²) < 4.78 is 4.32. The Hall–Kier alpha value is -1.62. The number of nitrogens with two attached hydrogens (primary N) is 1. The summed E-state index contributed by atoms with van der Waals surface area (Å²) in [5.41, 5.74) is 8.53. The van der Waals surface area contributed by atoms with Crippen LogP contribution in [0, 0.1) is 5.41 Å². The van der Waals surface area contributed by atoms with Crippen molar-refractivity contribution in [1.82, 2.24) is 9.36 Å². The molecule has 112 valence electrons. The van der Waals surface area contributed by atoms with Gasteiger partial charge in [0.1, 0.15) is 10.8 Å². The normalized spacial score (nSPS) is 17.0. The van der Waals surface area contributed by atoms with Crippen LogP contribution >= 0.6 is 11.5 Å². The Balaban J connectivity index is 1.81. The summed E-state index contributed by atoms with van der Waals surface area (Å²) in [5.74, 6) is 0.590. The van der Waals surface area contributed by atoms with Crippen molar-refractivity contribution in [2.45, 2.75) is 39.0 Å². The Morgan fingerprint density at radius 1 is 1.38 bits per heavy atom. The molecule has 1 saturated carbocycles. The van der Waals surface area contributed by atoms with Crippen molar-refractivity contribution in [1.29, 1.82) is 0 Å². The first-order valence-electron chi connectivity index (χ1n) is 7.63. The van der Waals surface area contributed by atoms with E-state index in [9.17, 15) is 0 Å². The molecule has 3 N–H and O–H groups in total. The molecule has 3 rings (SSSR count). The van der Waals surface area contributed by atoms with E-state index in [4.69, 9.17) is 5.73 Å². The highest BCUT2D eigenvalue weighted by molar-refractivity contribution is 7.11. The Bertz CT molecular complexity index is 588. The molecule has 0 unspecified atom stereocenters. The van der Waals surface area contributed by atoms with E-state index in [0.29, 0.717) is 11.2 Å². The van der Waals surface area contributed by atoms with Gasteiger partial charge in [-0.3, -0.25) is 4.98 Å². The van der Waals surface area contributed by atoms with Crippen LogP contribution in [0.2, 0.25) is 0 Å². The van der Waals surface area contributed by atoms with E-state index in [-0.39, 0.29) is 0 Å². The maximum atomic E-state index is 6.05. The van der Waals surface area contributed by atoms with Crippen molar-refractivity contribution >= 4 is 22.4 Å². The van der Waals surface area contributed by atoms with Crippen LogP contribution in [-0.2, 0) is 0 Å². The van der Waals surface area contributed by atoms with Crippen LogP contribution in [0.25, 0.3) is 11.1 Å². The predicted octanol–water partition coefficient (Wildman–Crippen LogP) is 4.17. The quantitative estimate of drug-likeness (QED) is 0.870. The Morgan fingerprint density at radius 3 is 2.86 bits per heavy atom. The second-order valence-electron chi connectivity index (χ2n) is 5.93. The van der Waals surface area contributed by atoms with Gasteiger partial charge in [-0.25, -0.2) is 0 Å². The van der Waals surface area contributed by atoms with Crippen molar-refractivity contribution in [2.75, 3.05) is 17.6 Å². The van der Waals surface area contributed by atoms with Gasteiger partial charge in [-0.05, 0) is 42.3 Å². The highest BCUT2D eigenvalue weighted by atomic mass is 32.1. The van der Waals surface area contributed by atoms with Gasteiger partial charge in [-0.2, -0.15) is 4.37 Å². The molecular formula is C16H22N4S. The summed E-state index contributed by atoms with van der Waals surface area (Å²) in [6.45, 7) is 3.31. The van der Waals surface area contributed by atoms with Crippen LogP contribution in [0.3, 0.4) is 0 Å². The fraction of sp³-hybridized carbons (Fsp3) is 0.500. The van der Waals surface area contributed by atoms with Crippen molar-refractivity contribution in [3.8, 4) is 11.1 Å². The Morgan fingerprint density at radius 2 is 2.19 bits per heavy atom. The van der Waals surface area contributed by atoms with Crippen molar-refractivity contribution < 1.29 is 0 Å². The third-order valence-electron chi connectivity index (χ3n) is 4.71. The van der Waals surface area contributed by atoms with Crippen LogP contribution < -0.4 is 11.1 Å². The monoisotopic (exact) mass is 302 g/mol. The number of nitrogens with zero attached hydrogens (tertiary/aromatic N) is 2. The lowest BCUT2D eigenvalue weighted by molar-refractivity contribution is 0.307. The second-order valence-corrected chi connectivity index (χ2v) is 6.70. The lowest BCUT2D eigenvalue weighted by Gasteiger charge is -2.28. The van der Waals surface area contributed by atoms with Crippen molar-refractivity contribution in [3.63, 3.8) is 0 Å². The number of rotatable bonds is 5. The van der Waals surface area contributed by atoms with Crippen LogP contribution in [0.15, 0.2) is 24.5 Å². The van der Waals surface area contributed by atoms with E-state index in [1.807, 2.05) is 18.3 Å². The fourth-order valence-corrected chi connectivity index (χ4v) is 3.99. The van der Waals surface area contributed by atoms with Gasteiger partial charge >= 0.3 is 0 Å². The summed E-state index contributed by atoms with van der Waals surface area (Å²) in [6, 6.07) is 3.96. The van der Waals surface area contributed by atoms with Gasteiger partial charge < -0.3 is 11.1 Å². The standard InChI is InChI=1S/C16H22N4S/c1-2-16(7-3-4-8-16)11-19-15-13(14(17)20-21-15)12-6-5-9-18-10-12/h5-6,9-10,19H,2-4,7-8,11H2,1H3,(H2,17,20). The highest BCUT2D eigenvalue weighted by Crippen LogP contribution is 2.43. The highest BCUT2D eigenvalue weighted by Gasteiger charge is 2.32. The number of nitrogens with one attached hydrogen (secondary N) is 1. The van der Waals surface area contributed by atoms with E-state index in [1.54, 1.807) is 6.20 Å². The van der Waals surface area contributed by atoms with Gasteiger partial charge in [0.2, 0.25) is 0 Å². The van der Waals surface area contributed by atoms with Gasteiger partial charge in [0.15, 0.2) is 0 Å². The summed E-state index contributed by atoms with van der Waals surface area (Å²) in [5, 5.41) is 4.68. The summed E-state index contributed by atoms with van der Waals surface area (Å²) in [6.07, 6.45) is 10.2. The molecule has 0 saturated heterocycles. The average molecular weight is 302 g/mol. The zero-order chi connectivity index (χ0) is 14.7. The largest absolute Gasteiger partial charge is 0.382 e. The predicted molar refractivity (Wildman–Crippen MR) is 89.4 cm³/mol. The maximum absolute atomic E-state index is 6.05. The van der Waals surface area contributed by atoms with Gasteiger partial charge in [-0.15, -0.1) is 0 Å². The average Bonchev–Trinajstić information content (AvgIpc) is 3.13. The second kappa shape index (κ2) is 6.02. The molecule has 5 heteroatoms. The fourth-order valence-electron chi connectivity index (χ4n) is 3.26. The molecule has 4 nitrogen and oxygen atoms in total. The summed E-state index contributed by atoms with van der Waals surface area (Å²) >= 11 is 1.45. The van der Waals surface area contributed by atoms with Gasteiger partial charge in [0.25, 0.3) is 0 Å². The molecule has 21 heavy (non-hydrogen) atoms. The first kappa shape index (κ1) is 14.3. The van der Waals surface area contributed by atoms with E-state index in [2.05, 4.69) is 21.6 Å². The van der Waals surface area contributed by atoms with Gasteiger partial charge in [0, 0.05) is 24.5 Å². The van der Waals surface area contributed by atoms with Crippen LogP contribution in [-0.4, -0.2) is 15.9 Å². The molecule has 0 spiro atoms. The SMILES string of the molecule is CCC1(CNc2snc(N)c2-c2cccnc2)CCCC1. The third-order valence-corrected chi connectivity index (χ3v) is 5.53. The Labute approximate surface area is 130 Å². The molecule has 1 aliphatic rings. The van der Waals surface area contributed by atoms with Crippen LogP contribution in [0.5, 0.6) is 0 Å². The van der Waals surface area contributed by atoms with E-state index in [0.717, 1.165) is 22.7 Å². The molecule has 0 aliphatic heterocycles. The molecule has 1 aliphatic carbocycles. The lowest BCUT2D eigenvalue weighted by Crippen LogP contribution is -2.25. The smallest absolute Gasteiger partial charge is 0.147 e. The molecule has 2 heterocycles. The molecule has 0 bridgehead atoms. The molecule has 2 aromatic heterocycles. The number of pyridine rings is 1. The number of hydrogen-bond donors (Lipinski definition) is 2. The zero-order valence-electron chi connectivity index (χ0n) is 12.4. The molecule has 0 aromatic carbocycles. The van der Waals surface area contributed by atoms with Crippen LogP contribution in [0.4, 0.5) is 10.8 Å². The number of aromatic nitrogens is 2. The first-order valence-corrected chi connectivity index (χ1v) is 8.41. The molecule has 2 aromatic rings. The van der Waals surface area contributed by atoms with E-state index >= 15 is 0 Å². The molecule has 0 atom stereocenters. The third kappa shape index (κ3) is 2.88. The zero-order valence-corrected chi connectivity index (χ0v) is 13.2. The van der Waals surface area contributed by atoms with E-state index in [1.165, 1.54) is 43.6 Å². The minimum absolute atomic E-state index is 0.449. The molecular weight excluding hydrogens is 280 g/mol. The molecule has 1 fully saturated rings. The molecule has 0 amide bonds. The van der Waals surface area contributed by atoms with Gasteiger partial charge in [-0.1, -0.05) is 25.8 Å². The van der Waals surface area contributed by atoms with E-state index < -0.39 is 0 Å². The van der Waals surface area contributed by atoms with Gasteiger partial charge in [0.05, 0.1) is 5.56 Å². The minimum Gasteiger partial charge on any atom is -0.382 e. The van der Waals surface area contributed by atoms with Crippen molar-refractivity contribution in [2.24, 2.45) is 5.41 Å². The number of hydrogen-bond acceptors (Lipinski definition) is 5. The lowest BCUT2D eigenvalue weighted by atomic mass is 9.83.